The molecule has 1 rings (SSSR count). The van der Waals surface area contributed by atoms with Crippen LogP contribution < -0.4 is 5.32 Å². The number of halogens is 1. The second-order valence-electron chi connectivity index (χ2n) is 3.33. The largest absolute Gasteiger partial charge is 0.309 e. The summed E-state index contributed by atoms with van der Waals surface area (Å²) in [4.78, 5) is 11.4. The molecule has 0 atom stereocenters. The standard InChI is InChI=1S/C10H16ClN3O/c1-2-8-7-9(14-13-8)12-10(15)5-3-4-6-11/h7H,2-6H2,1H3,(H2,12,13,14,15). The van der Waals surface area contributed by atoms with Crippen molar-refractivity contribution in [1.29, 1.82) is 0 Å². The Labute approximate surface area is 94.4 Å². The van der Waals surface area contributed by atoms with Crippen molar-refractivity contribution in [2.24, 2.45) is 0 Å². The minimum atomic E-state index is -0.00531. The summed E-state index contributed by atoms with van der Waals surface area (Å²) in [6.07, 6.45) is 3.08. The van der Waals surface area contributed by atoms with Crippen LogP contribution in [-0.4, -0.2) is 22.0 Å². The van der Waals surface area contributed by atoms with Crippen LogP contribution in [0.25, 0.3) is 0 Å². The third-order valence-electron chi connectivity index (χ3n) is 2.07. The zero-order chi connectivity index (χ0) is 11.1. The summed E-state index contributed by atoms with van der Waals surface area (Å²) in [5.74, 6) is 1.20. The summed E-state index contributed by atoms with van der Waals surface area (Å²) in [6, 6.07) is 1.85. The van der Waals surface area contributed by atoms with Gasteiger partial charge in [-0.1, -0.05) is 6.92 Å². The lowest BCUT2D eigenvalue weighted by atomic mass is 10.2. The molecule has 2 N–H and O–H groups in total. The number of aromatic amines is 1. The lowest BCUT2D eigenvalue weighted by molar-refractivity contribution is -0.116. The average molecular weight is 230 g/mol. The number of aryl methyl sites for hydroxylation is 1. The van der Waals surface area contributed by atoms with Crippen molar-refractivity contribution in [2.75, 3.05) is 11.2 Å². The summed E-state index contributed by atoms with van der Waals surface area (Å²) < 4.78 is 0. The normalized spacial score (nSPS) is 10.3. The van der Waals surface area contributed by atoms with E-state index in [9.17, 15) is 4.79 Å². The summed E-state index contributed by atoms with van der Waals surface area (Å²) in [6.45, 7) is 2.03. The molecule has 15 heavy (non-hydrogen) atoms. The minimum Gasteiger partial charge on any atom is -0.309 e. The zero-order valence-corrected chi connectivity index (χ0v) is 9.60. The third-order valence-corrected chi connectivity index (χ3v) is 2.33. The number of rotatable bonds is 6. The Morgan fingerprint density at radius 2 is 2.40 bits per heavy atom. The van der Waals surface area contributed by atoms with Gasteiger partial charge in [0.2, 0.25) is 5.91 Å². The molecule has 0 aromatic carbocycles. The van der Waals surface area contributed by atoms with Crippen molar-refractivity contribution < 1.29 is 4.79 Å². The fraction of sp³-hybridized carbons (Fsp3) is 0.600. The van der Waals surface area contributed by atoms with E-state index in [2.05, 4.69) is 15.5 Å². The van der Waals surface area contributed by atoms with Crippen LogP contribution in [0.15, 0.2) is 6.07 Å². The van der Waals surface area contributed by atoms with Gasteiger partial charge < -0.3 is 5.32 Å². The molecule has 0 saturated carbocycles. The molecule has 0 aliphatic rings. The van der Waals surface area contributed by atoms with E-state index < -0.39 is 0 Å². The molecule has 5 heteroatoms. The maximum atomic E-state index is 11.4. The number of nitrogens with zero attached hydrogens (tertiary/aromatic N) is 1. The van der Waals surface area contributed by atoms with Crippen LogP contribution in [0.1, 0.15) is 31.9 Å². The van der Waals surface area contributed by atoms with Crippen LogP contribution in [0.2, 0.25) is 0 Å². The van der Waals surface area contributed by atoms with Gasteiger partial charge in [0.1, 0.15) is 0 Å². The van der Waals surface area contributed by atoms with Gasteiger partial charge in [0.15, 0.2) is 5.82 Å². The van der Waals surface area contributed by atoms with Gasteiger partial charge in [-0.15, -0.1) is 11.6 Å². The van der Waals surface area contributed by atoms with E-state index in [4.69, 9.17) is 11.6 Å². The summed E-state index contributed by atoms with van der Waals surface area (Å²) in [5, 5.41) is 9.55. The number of hydrogen-bond acceptors (Lipinski definition) is 2. The van der Waals surface area contributed by atoms with Gasteiger partial charge in [0, 0.05) is 24.1 Å². The first-order valence-corrected chi connectivity index (χ1v) is 5.69. The van der Waals surface area contributed by atoms with Crippen LogP contribution >= 0.6 is 11.6 Å². The van der Waals surface area contributed by atoms with Gasteiger partial charge in [-0.3, -0.25) is 9.89 Å². The van der Waals surface area contributed by atoms with Gasteiger partial charge in [-0.25, -0.2) is 0 Å². The zero-order valence-electron chi connectivity index (χ0n) is 8.85. The Balaban J connectivity index is 2.31. The number of unbranched alkanes of at least 4 members (excludes halogenated alkanes) is 1. The van der Waals surface area contributed by atoms with Crippen molar-refractivity contribution in [3.63, 3.8) is 0 Å². The monoisotopic (exact) mass is 229 g/mol. The van der Waals surface area contributed by atoms with Crippen LogP contribution in [0, 0.1) is 0 Å². The Morgan fingerprint density at radius 3 is 3.00 bits per heavy atom. The van der Waals surface area contributed by atoms with Crippen LogP contribution in [0.4, 0.5) is 5.82 Å². The third kappa shape index (κ3) is 4.34. The highest BCUT2D eigenvalue weighted by Crippen LogP contribution is 2.07. The Bertz CT molecular complexity index is 311. The van der Waals surface area contributed by atoms with E-state index >= 15 is 0 Å². The van der Waals surface area contributed by atoms with Gasteiger partial charge >= 0.3 is 0 Å². The van der Waals surface area contributed by atoms with Gasteiger partial charge in [-0.2, -0.15) is 5.10 Å². The Kier molecular flexibility index (Phi) is 5.18. The smallest absolute Gasteiger partial charge is 0.225 e. The lowest BCUT2D eigenvalue weighted by Gasteiger charge is -1.99. The quantitative estimate of drug-likeness (QED) is 0.581. The summed E-state index contributed by atoms with van der Waals surface area (Å²) in [7, 11) is 0. The maximum Gasteiger partial charge on any atom is 0.225 e. The van der Waals surface area contributed by atoms with Crippen LogP contribution in [0.5, 0.6) is 0 Å². The SMILES string of the molecule is CCc1cc(NC(=O)CCCCCl)n[nH]1. The van der Waals surface area contributed by atoms with E-state index in [0.717, 1.165) is 25.0 Å². The Morgan fingerprint density at radius 1 is 1.60 bits per heavy atom. The number of alkyl halides is 1. The first-order valence-electron chi connectivity index (χ1n) is 5.16. The molecule has 0 unspecified atom stereocenters. The number of nitrogens with one attached hydrogen (secondary N) is 2. The van der Waals surface area contributed by atoms with E-state index in [1.54, 1.807) is 0 Å². The van der Waals surface area contributed by atoms with Crippen molar-refractivity contribution in [1.82, 2.24) is 10.2 Å². The second-order valence-corrected chi connectivity index (χ2v) is 3.70. The van der Waals surface area contributed by atoms with Gasteiger partial charge in [0.05, 0.1) is 0 Å². The lowest BCUT2D eigenvalue weighted by Crippen LogP contribution is -2.11. The molecule has 1 aromatic rings. The Hall–Kier alpha value is -1.03. The number of hydrogen-bond donors (Lipinski definition) is 2. The summed E-state index contributed by atoms with van der Waals surface area (Å²) >= 11 is 5.52. The number of amides is 1. The molecule has 0 aliphatic carbocycles. The predicted octanol–water partition coefficient (Wildman–Crippen LogP) is 2.32. The molecular formula is C10H16ClN3O. The van der Waals surface area contributed by atoms with E-state index in [-0.39, 0.29) is 5.91 Å². The van der Waals surface area contributed by atoms with Crippen molar-refractivity contribution in [3.05, 3.63) is 11.8 Å². The van der Waals surface area contributed by atoms with E-state index in [1.165, 1.54) is 0 Å². The van der Waals surface area contributed by atoms with Gasteiger partial charge in [0.25, 0.3) is 0 Å². The second kappa shape index (κ2) is 6.45. The molecule has 84 valence electrons. The van der Waals surface area contributed by atoms with E-state index in [0.29, 0.717) is 18.1 Å². The predicted molar refractivity (Wildman–Crippen MR) is 61.2 cm³/mol. The number of anilines is 1. The van der Waals surface area contributed by atoms with E-state index in [1.807, 2.05) is 13.0 Å². The molecule has 1 heterocycles. The molecule has 0 fully saturated rings. The first kappa shape index (κ1) is 12.0. The first-order chi connectivity index (χ1) is 7.26. The maximum absolute atomic E-state index is 11.4. The molecule has 0 radical (unpaired) electrons. The molecule has 1 amide bonds. The highest BCUT2D eigenvalue weighted by molar-refractivity contribution is 6.17. The highest BCUT2D eigenvalue weighted by atomic mass is 35.5. The van der Waals surface area contributed by atoms with Crippen molar-refractivity contribution in [2.45, 2.75) is 32.6 Å². The number of aromatic nitrogens is 2. The molecule has 1 aromatic heterocycles. The van der Waals surface area contributed by atoms with Crippen molar-refractivity contribution >= 4 is 23.3 Å². The van der Waals surface area contributed by atoms with Crippen LogP contribution in [0.3, 0.4) is 0 Å². The molecule has 0 bridgehead atoms. The summed E-state index contributed by atoms with van der Waals surface area (Å²) in [5.41, 5.74) is 1.02. The fourth-order valence-electron chi connectivity index (χ4n) is 1.19. The topological polar surface area (TPSA) is 57.8 Å². The molecule has 0 spiro atoms. The molecular weight excluding hydrogens is 214 g/mol. The molecule has 4 nitrogen and oxygen atoms in total. The molecule has 0 aliphatic heterocycles. The number of carbonyl (C=O) groups is 1. The number of carbonyl (C=O) groups excluding carboxylic acids is 1. The van der Waals surface area contributed by atoms with Crippen LogP contribution in [-0.2, 0) is 11.2 Å². The molecule has 0 saturated heterocycles. The number of H-pyrrole nitrogens is 1. The van der Waals surface area contributed by atoms with Crippen molar-refractivity contribution in [3.8, 4) is 0 Å². The highest BCUT2D eigenvalue weighted by Gasteiger charge is 2.04. The average Bonchev–Trinajstić information content (AvgIpc) is 2.66. The minimum absolute atomic E-state index is 0.00531. The fourth-order valence-corrected chi connectivity index (χ4v) is 1.38. The van der Waals surface area contributed by atoms with Gasteiger partial charge in [-0.05, 0) is 19.3 Å².